The molecule has 0 saturated carbocycles. The van der Waals surface area contributed by atoms with Gasteiger partial charge in [0.05, 0.1) is 18.1 Å². The smallest absolute Gasteiger partial charge is 0.154 e. The summed E-state index contributed by atoms with van der Waals surface area (Å²) in [6.45, 7) is 1.18. The first-order valence-corrected chi connectivity index (χ1v) is 6.84. The van der Waals surface area contributed by atoms with Crippen LogP contribution in [-0.4, -0.2) is 54.8 Å². The molecular formula is C13H17FN4O4. The fourth-order valence-electron chi connectivity index (χ4n) is 2.81. The SMILES string of the molecule is CC1[C@@H](O)[C@@H](O)[C@@H](CO)O[C@H]1n1cc(F)c2c(N)ncnc21. The number of rotatable bonds is 2. The molecule has 5 atom stereocenters. The normalized spacial score (nSPS) is 32.5. The van der Waals surface area contributed by atoms with Crippen LogP contribution in [0.5, 0.6) is 0 Å². The van der Waals surface area contributed by atoms with Gasteiger partial charge in [0.2, 0.25) is 0 Å². The number of nitrogen functional groups attached to an aromatic ring is 1. The minimum absolute atomic E-state index is 0.00371. The van der Waals surface area contributed by atoms with Gasteiger partial charge in [-0.3, -0.25) is 0 Å². The van der Waals surface area contributed by atoms with E-state index in [1.807, 2.05) is 0 Å². The molecule has 1 aliphatic rings. The number of halogens is 1. The predicted molar refractivity (Wildman–Crippen MR) is 74.1 cm³/mol. The zero-order valence-corrected chi connectivity index (χ0v) is 11.8. The van der Waals surface area contributed by atoms with E-state index in [2.05, 4.69) is 9.97 Å². The van der Waals surface area contributed by atoms with Gasteiger partial charge in [0.1, 0.15) is 30.6 Å². The average molecular weight is 312 g/mol. The summed E-state index contributed by atoms with van der Waals surface area (Å²) in [5.74, 6) is -1.15. The van der Waals surface area contributed by atoms with E-state index in [0.717, 1.165) is 6.20 Å². The van der Waals surface area contributed by atoms with Crippen molar-refractivity contribution in [3.63, 3.8) is 0 Å². The molecule has 0 spiro atoms. The zero-order valence-electron chi connectivity index (χ0n) is 11.8. The molecule has 2 aromatic rings. The monoisotopic (exact) mass is 312 g/mol. The minimum Gasteiger partial charge on any atom is -0.394 e. The Kier molecular flexibility index (Phi) is 3.73. The standard InChI is InChI=1S/C13H17FN4O4/c1-5-9(20)10(21)7(3-19)22-13(5)18-2-6(14)8-11(15)16-4-17-12(8)18/h2,4-5,7,9-10,13,19-21H,3H2,1H3,(H2,15,16,17)/t5?,7-,9-,10+,13-/m1/s1. The molecule has 22 heavy (non-hydrogen) atoms. The third kappa shape index (κ3) is 2.13. The highest BCUT2D eigenvalue weighted by atomic mass is 19.1. The van der Waals surface area contributed by atoms with Gasteiger partial charge in [-0.25, -0.2) is 14.4 Å². The van der Waals surface area contributed by atoms with Crippen molar-refractivity contribution in [2.24, 2.45) is 5.92 Å². The first-order valence-electron chi connectivity index (χ1n) is 6.84. The number of nitrogens with zero attached hydrogens (tertiary/aromatic N) is 3. The van der Waals surface area contributed by atoms with E-state index in [9.17, 15) is 19.7 Å². The quantitative estimate of drug-likeness (QED) is 0.583. The number of fused-ring (bicyclic) bond motifs is 1. The summed E-state index contributed by atoms with van der Waals surface area (Å²) in [6.07, 6.45) is -1.77. The Labute approximate surface area is 125 Å². The first-order chi connectivity index (χ1) is 10.5. The van der Waals surface area contributed by atoms with Crippen molar-refractivity contribution in [3.8, 4) is 0 Å². The van der Waals surface area contributed by atoms with Gasteiger partial charge in [-0.15, -0.1) is 0 Å². The Bertz CT molecular complexity index is 692. The van der Waals surface area contributed by atoms with E-state index >= 15 is 0 Å². The molecule has 1 unspecified atom stereocenters. The maximum Gasteiger partial charge on any atom is 0.154 e. The number of aromatic nitrogens is 3. The van der Waals surface area contributed by atoms with Crippen LogP contribution in [0.4, 0.5) is 10.2 Å². The van der Waals surface area contributed by atoms with Crippen molar-refractivity contribution < 1.29 is 24.4 Å². The second-order valence-corrected chi connectivity index (χ2v) is 5.43. The summed E-state index contributed by atoms with van der Waals surface area (Å²) < 4.78 is 21.1. The Morgan fingerprint density at radius 2 is 2.09 bits per heavy atom. The molecule has 1 fully saturated rings. The molecule has 0 aromatic carbocycles. The van der Waals surface area contributed by atoms with E-state index in [1.54, 1.807) is 6.92 Å². The Hall–Kier alpha value is -1.81. The van der Waals surface area contributed by atoms with E-state index in [-0.39, 0.29) is 16.9 Å². The van der Waals surface area contributed by atoms with Crippen LogP contribution in [0.25, 0.3) is 11.0 Å². The fraction of sp³-hybridized carbons (Fsp3) is 0.538. The Morgan fingerprint density at radius 3 is 2.77 bits per heavy atom. The lowest BCUT2D eigenvalue weighted by atomic mass is 9.91. The Balaban J connectivity index is 2.09. The number of anilines is 1. The lowest BCUT2D eigenvalue weighted by Crippen LogP contribution is -2.52. The number of aliphatic hydroxyl groups is 3. The highest BCUT2D eigenvalue weighted by molar-refractivity contribution is 5.86. The highest BCUT2D eigenvalue weighted by Crippen LogP contribution is 2.36. The van der Waals surface area contributed by atoms with Crippen molar-refractivity contribution >= 4 is 16.9 Å². The summed E-state index contributed by atoms with van der Waals surface area (Å²) >= 11 is 0. The molecule has 3 heterocycles. The van der Waals surface area contributed by atoms with Crippen LogP contribution in [0.2, 0.25) is 0 Å². The summed E-state index contributed by atoms with van der Waals surface area (Å²) in [5, 5.41) is 29.3. The van der Waals surface area contributed by atoms with E-state index in [0.29, 0.717) is 0 Å². The third-order valence-corrected chi connectivity index (χ3v) is 4.08. The lowest BCUT2D eigenvalue weighted by Gasteiger charge is -2.41. The van der Waals surface area contributed by atoms with Gasteiger partial charge in [-0.1, -0.05) is 6.92 Å². The van der Waals surface area contributed by atoms with Gasteiger partial charge in [0.25, 0.3) is 0 Å². The fourth-order valence-corrected chi connectivity index (χ4v) is 2.81. The van der Waals surface area contributed by atoms with Gasteiger partial charge >= 0.3 is 0 Å². The van der Waals surface area contributed by atoms with Crippen LogP contribution in [0.3, 0.4) is 0 Å². The Morgan fingerprint density at radius 1 is 1.36 bits per heavy atom. The molecule has 0 amide bonds. The highest BCUT2D eigenvalue weighted by Gasteiger charge is 2.43. The van der Waals surface area contributed by atoms with Gasteiger partial charge in [0, 0.05) is 12.1 Å². The molecule has 0 radical (unpaired) electrons. The third-order valence-electron chi connectivity index (χ3n) is 4.08. The largest absolute Gasteiger partial charge is 0.394 e. The van der Waals surface area contributed by atoms with Crippen LogP contribution in [0.1, 0.15) is 13.2 Å². The average Bonchev–Trinajstić information content (AvgIpc) is 2.84. The number of ether oxygens (including phenoxy) is 1. The van der Waals surface area contributed by atoms with Crippen LogP contribution < -0.4 is 5.73 Å². The van der Waals surface area contributed by atoms with Crippen LogP contribution in [0, 0.1) is 11.7 Å². The van der Waals surface area contributed by atoms with Crippen LogP contribution >= 0.6 is 0 Å². The van der Waals surface area contributed by atoms with Crippen molar-refractivity contribution in [2.45, 2.75) is 31.5 Å². The molecule has 3 rings (SSSR count). The maximum atomic E-state index is 14.1. The summed E-state index contributed by atoms with van der Waals surface area (Å²) in [6, 6.07) is 0. The number of nitrogens with two attached hydrogens (primary N) is 1. The minimum atomic E-state index is -1.22. The van der Waals surface area contributed by atoms with Crippen molar-refractivity contribution in [3.05, 3.63) is 18.3 Å². The second-order valence-electron chi connectivity index (χ2n) is 5.43. The predicted octanol–water partition coefficient (Wildman–Crippen LogP) is -0.600. The van der Waals surface area contributed by atoms with Crippen molar-refractivity contribution in [2.75, 3.05) is 12.3 Å². The molecule has 8 nitrogen and oxygen atoms in total. The lowest BCUT2D eigenvalue weighted by molar-refractivity contribution is -0.227. The van der Waals surface area contributed by atoms with Crippen LogP contribution in [-0.2, 0) is 4.74 Å². The molecule has 1 saturated heterocycles. The summed E-state index contributed by atoms with van der Waals surface area (Å²) in [4.78, 5) is 7.76. The van der Waals surface area contributed by atoms with Gasteiger partial charge < -0.3 is 30.4 Å². The molecule has 0 bridgehead atoms. The molecule has 0 aliphatic carbocycles. The van der Waals surface area contributed by atoms with E-state index < -0.39 is 42.9 Å². The van der Waals surface area contributed by atoms with E-state index in [1.165, 1.54) is 10.9 Å². The molecule has 9 heteroatoms. The van der Waals surface area contributed by atoms with Gasteiger partial charge in [-0.05, 0) is 0 Å². The summed E-state index contributed by atoms with van der Waals surface area (Å²) in [7, 11) is 0. The molecule has 5 N–H and O–H groups in total. The maximum absolute atomic E-state index is 14.1. The van der Waals surface area contributed by atoms with E-state index in [4.69, 9.17) is 10.5 Å². The number of hydrogen-bond donors (Lipinski definition) is 4. The van der Waals surface area contributed by atoms with Gasteiger partial charge in [0.15, 0.2) is 11.5 Å². The van der Waals surface area contributed by atoms with Crippen molar-refractivity contribution in [1.82, 2.24) is 14.5 Å². The summed E-state index contributed by atoms with van der Waals surface area (Å²) in [5.41, 5.74) is 5.89. The topological polar surface area (TPSA) is 127 Å². The number of hydrogen-bond acceptors (Lipinski definition) is 7. The van der Waals surface area contributed by atoms with Gasteiger partial charge in [-0.2, -0.15) is 0 Å². The second kappa shape index (κ2) is 5.43. The molecule has 2 aromatic heterocycles. The van der Waals surface area contributed by atoms with Crippen molar-refractivity contribution in [1.29, 1.82) is 0 Å². The number of aliphatic hydroxyl groups excluding tert-OH is 3. The molecule has 120 valence electrons. The zero-order chi connectivity index (χ0) is 16.0. The van der Waals surface area contributed by atoms with Crippen LogP contribution in [0.15, 0.2) is 12.5 Å². The first kappa shape index (κ1) is 15.1. The molecular weight excluding hydrogens is 295 g/mol. The molecule has 1 aliphatic heterocycles.